The van der Waals surface area contributed by atoms with Gasteiger partial charge in [0.1, 0.15) is 11.4 Å². The Bertz CT molecular complexity index is 1190. The van der Waals surface area contributed by atoms with E-state index >= 15 is 0 Å². The van der Waals surface area contributed by atoms with Crippen LogP contribution < -0.4 is 15.4 Å². The van der Waals surface area contributed by atoms with Crippen LogP contribution in [0.15, 0.2) is 42.6 Å². The lowest BCUT2D eigenvalue weighted by Gasteiger charge is -2.48. The predicted molar refractivity (Wildman–Crippen MR) is 129 cm³/mol. The molecule has 2 amide bonds. The highest BCUT2D eigenvalue weighted by Crippen LogP contribution is 2.39. The molecule has 14 heteroatoms. The minimum Gasteiger partial charge on any atom is -0.483 e. The molecule has 1 aliphatic carbocycles. The van der Waals surface area contributed by atoms with E-state index in [-0.39, 0.29) is 29.9 Å². The van der Waals surface area contributed by atoms with E-state index in [9.17, 15) is 41.0 Å². The van der Waals surface area contributed by atoms with Crippen LogP contribution in [0.2, 0.25) is 0 Å². The lowest BCUT2D eigenvalue weighted by molar-refractivity contribution is -0.153. The number of hydrogen-bond acceptors (Lipinski definition) is 6. The van der Waals surface area contributed by atoms with Gasteiger partial charge in [-0.25, -0.2) is 0 Å². The van der Waals surface area contributed by atoms with Crippen molar-refractivity contribution in [3.05, 3.63) is 59.4 Å². The Morgan fingerprint density at radius 1 is 1.07 bits per heavy atom. The molecule has 2 aliphatic rings. The van der Waals surface area contributed by atoms with E-state index in [0.29, 0.717) is 44.5 Å². The molecule has 40 heavy (non-hydrogen) atoms. The van der Waals surface area contributed by atoms with Gasteiger partial charge in [-0.2, -0.15) is 26.3 Å². The minimum absolute atomic E-state index is 0.0396. The Balaban J connectivity index is 1.17. The summed E-state index contributed by atoms with van der Waals surface area (Å²) in [6, 6.07) is 6.77. The maximum Gasteiger partial charge on any atom is 0.422 e. The molecule has 2 aromatic rings. The molecule has 2 heterocycles. The van der Waals surface area contributed by atoms with E-state index in [0.717, 1.165) is 24.4 Å². The smallest absolute Gasteiger partial charge is 0.422 e. The van der Waals surface area contributed by atoms with Crippen LogP contribution in [0.1, 0.15) is 47.3 Å². The Morgan fingerprint density at radius 2 is 1.77 bits per heavy atom. The normalized spacial score (nSPS) is 22.3. The van der Waals surface area contributed by atoms with Crippen LogP contribution in [0, 0.1) is 0 Å². The van der Waals surface area contributed by atoms with Crippen LogP contribution in [0.25, 0.3) is 0 Å². The van der Waals surface area contributed by atoms with E-state index in [1.165, 1.54) is 18.2 Å². The lowest BCUT2D eigenvalue weighted by Crippen LogP contribution is -2.63. The number of aromatic nitrogens is 1. The van der Waals surface area contributed by atoms with E-state index < -0.39 is 41.9 Å². The van der Waals surface area contributed by atoms with Crippen LogP contribution in [0.3, 0.4) is 0 Å². The van der Waals surface area contributed by atoms with Crippen molar-refractivity contribution in [1.29, 1.82) is 0 Å². The molecule has 3 N–H and O–H groups in total. The number of aliphatic hydroxyl groups is 1. The number of amides is 2. The summed E-state index contributed by atoms with van der Waals surface area (Å²) in [5, 5.41) is 16.1. The maximum absolute atomic E-state index is 12.8. The van der Waals surface area contributed by atoms with Crippen molar-refractivity contribution in [1.82, 2.24) is 20.5 Å². The molecule has 0 unspecified atom stereocenters. The molecule has 1 aromatic heterocycles. The second-order valence-corrected chi connectivity index (χ2v) is 10.0. The number of halogens is 6. The summed E-state index contributed by atoms with van der Waals surface area (Å²) in [6.45, 7) is -0.666. The zero-order valence-electron chi connectivity index (χ0n) is 21.2. The molecule has 218 valence electrons. The first-order valence-corrected chi connectivity index (χ1v) is 12.6. The number of alkyl halides is 6. The summed E-state index contributed by atoms with van der Waals surface area (Å²) in [4.78, 5) is 30.6. The van der Waals surface area contributed by atoms with E-state index in [4.69, 9.17) is 0 Å². The highest BCUT2D eigenvalue weighted by Gasteiger charge is 2.41. The van der Waals surface area contributed by atoms with Crippen molar-refractivity contribution in [3.63, 3.8) is 0 Å². The van der Waals surface area contributed by atoms with Crippen molar-refractivity contribution in [3.8, 4) is 5.75 Å². The zero-order valence-corrected chi connectivity index (χ0v) is 21.2. The summed E-state index contributed by atoms with van der Waals surface area (Å²) in [7, 11) is 0. The molecule has 0 spiro atoms. The summed E-state index contributed by atoms with van der Waals surface area (Å²) < 4.78 is 80.1. The summed E-state index contributed by atoms with van der Waals surface area (Å²) in [6.07, 6.45) is -5.77. The monoisotopic (exact) mass is 574 g/mol. The van der Waals surface area contributed by atoms with Gasteiger partial charge in [0.2, 0.25) is 5.91 Å². The lowest BCUT2D eigenvalue weighted by atomic mass is 9.78. The fraction of sp³-hybridized carbons (Fsp3) is 0.500. The first-order chi connectivity index (χ1) is 18.7. The molecular formula is C26H28F6N4O4. The van der Waals surface area contributed by atoms with Gasteiger partial charge in [-0.1, -0.05) is 6.07 Å². The van der Waals surface area contributed by atoms with Crippen LogP contribution in [0.4, 0.5) is 26.3 Å². The van der Waals surface area contributed by atoms with Crippen LogP contribution in [0.5, 0.6) is 5.75 Å². The van der Waals surface area contributed by atoms with Crippen molar-refractivity contribution in [2.75, 3.05) is 26.2 Å². The number of carbonyl (C=O) groups excluding carboxylic acids is 2. The number of pyridine rings is 1. The van der Waals surface area contributed by atoms with Gasteiger partial charge in [0.05, 0.1) is 30.0 Å². The third-order valence-electron chi connectivity index (χ3n) is 7.05. The molecule has 1 saturated carbocycles. The van der Waals surface area contributed by atoms with E-state index in [1.54, 1.807) is 0 Å². The Hall–Kier alpha value is -3.39. The molecule has 2 fully saturated rings. The third kappa shape index (κ3) is 7.62. The molecule has 8 nitrogen and oxygen atoms in total. The van der Waals surface area contributed by atoms with Gasteiger partial charge in [-0.3, -0.25) is 19.5 Å². The number of carbonyl (C=O) groups is 2. The number of nitrogens with one attached hydrogen (secondary N) is 2. The molecule has 0 atom stereocenters. The number of rotatable bonds is 8. The van der Waals surface area contributed by atoms with Crippen molar-refractivity contribution >= 4 is 11.8 Å². The number of ether oxygens (including phenoxy) is 1. The average Bonchev–Trinajstić information content (AvgIpc) is 2.88. The minimum atomic E-state index is -4.58. The highest BCUT2D eigenvalue weighted by molar-refractivity contribution is 5.96. The molecular weight excluding hydrogens is 546 g/mol. The second kappa shape index (κ2) is 11.6. The quantitative estimate of drug-likeness (QED) is 0.418. The maximum atomic E-state index is 12.8. The van der Waals surface area contributed by atoms with Gasteiger partial charge in [0, 0.05) is 24.7 Å². The first kappa shape index (κ1) is 29.6. The van der Waals surface area contributed by atoms with Crippen molar-refractivity contribution in [2.24, 2.45) is 0 Å². The van der Waals surface area contributed by atoms with Crippen LogP contribution >= 0.6 is 0 Å². The standard InChI is InChI=1S/C26H28F6N4O4/c27-25(28,29)15-40-20-4-5-21(33-11-20)24(39)8-6-19(7-9-24)36-13-18(14-36)35-22(37)12-34-23(38)16-2-1-3-17(10-16)26(30,31)32/h1-5,10-11,18-19,39H,6-9,12-15H2,(H,34,38)(H,35,37). The highest BCUT2D eigenvalue weighted by atomic mass is 19.4. The summed E-state index contributed by atoms with van der Waals surface area (Å²) in [5.74, 6) is -1.29. The zero-order chi connectivity index (χ0) is 29.1. The largest absolute Gasteiger partial charge is 0.483 e. The number of benzene rings is 1. The van der Waals surface area contributed by atoms with Crippen molar-refractivity contribution < 1.29 is 45.8 Å². The molecule has 1 aromatic carbocycles. The van der Waals surface area contributed by atoms with Gasteiger partial charge >= 0.3 is 12.4 Å². The predicted octanol–water partition coefficient (Wildman–Crippen LogP) is 3.40. The van der Waals surface area contributed by atoms with Gasteiger partial charge in [0.15, 0.2) is 6.61 Å². The number of hydrogen-bond donors (Lipinski definition) is 3. The molecule has 0 bridgehead atoms. The summed E-state index contributed by atoms with van der Waals surface area (Å²) in [5.41, 5.74) is -1.99. The second-order valence-electron chi connectivity index (χ2n) is 10.0. The van der Waals surface area contributed by atoms with Crippen LogP contribution in [-0.2, 0) is 16.6 Å². The summed E-state index contributed by atoms with van der Waals surface area (Å²) >= 11 is 0. The SMILES string of the molecule is O=C(CNC(=O)c1cccc(C(F)(F)F)c1)NC1CN(C2CCC(O)(c3ccc(OCC(F)(F)F)cn3)CC2)C1. The number of likely N-dealkylation sites (tertiary alicyclic amines) is 1. The Labute approximate surface area is 225 Å². The van der Waals surface area contributed by atoms with E-state index in [1.807, 2.05) is 0 Å². The van der Waals surface area contributed by atoms with Crippen LogP contribution in [-0.4, -0.2) is 71.3 Å². The molecule has 1 saturated heterocycles. The topological polar surface area (TPSA) is 104 Å². The molecule has 4 rings (SSSR count). The molecule has 1 aliphatic heterocycles. The fourth-order valence-corrected chi connectivity index (χ4v) is 4.89. The fourth-order valence-electron chi connectivity index (χ4n) is 4.89. The van der Waals surface area contributed by atoms with Gasteiger partial charge in [-0.05, 0) is 56.0 Å². The van der Waals surface area contributed by atoms with Gasteiger partial charge < -0.3 is 20.5 Å². The first-order valence-electron chi connectivity index (χ1n) is 12.6. The van der Waals surface area contributed by atoms with Crippen molar-refractivity contribution in [2.45, 2.75) is 55.7 Å². The average molecular weight is 575 g/mol. The Kier molecular flexibility index (Phi) is 8.59. The molecule has 0 radical (unpaired) electrons. The third-order valence-corrected chi connectivity index (χ3v) is 7.05. The van der Waals surface area contributed by atoms with E-state index in [2.05, 4.69) is 25.3 Å². The van der Waals surface area contributed by atoms with Gasteiger partial charge in [0.25, 0.3) is 5.91 Å². The number of nitrogens with zero attached hydrogens (tertiary/aromatic N) is 2. The van der Waals surface area contributed by atoms with Gasteiger partial charge in [-0.15, -0.1) is 0 Å². The Morgan fingerprint density at radius 3 is 2.38 bits per heavy atom.